The summed E-state index contributed by atoms with van der Waals surface area (Å²) in [6.07, 6.45) is 8.41. The maximum absolute atomic E-state index is 12.8. The van der Waals surface area contributed by atoms with E-state index in [1.807, 2.05) is 41.1 Å². The van der Waals surface area contributed by atoms with Gasteiger partial charge in [-0.25, -0.2) is 0 Å². The van der Waals surface area contributed by atoms with Crippen molar-refractivity contribution in [3.8, 4) is 16.9 Å². The topological polar surface area (TPSA) is 43.3 Å². The predicted octanol–water partition coefficient (Wildman–Crippen LogP) is 3.69. The highest BCUT2D eigenvalue weighted by molar-refractivity contribution is 5.69. The highest BCUT2D eigenvalue weighted by atomic mass is 16.5. The van der Waals surface area contributed by atoms with E-state index in [0.717, 1.165) is 36.5 Å². The molecule has 1 atom stereocenters. The van der Waals surface area contributed by atoms with Gasteiger partial charge in [0, 0.05) is 30.9 Å². The van der Waals surface area contributed by atoms with Gasteiger partial charge in [-0.2, -0.15) is 0 Å². The number of rotatable bonds is 4. The van der Waals surface area contributed by atoms with Crippen molar-refractivity contribution in [1.82, 2.24) is 9.88 Å². The second-order valence-corrected chi connectivity index (χ2v) is 7.84. The Morgan fingerprint density at radius 1 is 1.23 bits per heavy atom. The summed E-state index contributed by atoms with van der Waals surface area (Å²) in [5, 5.41) is 3.59. The molecule has 4 nitrogen and oxygen atoms in total. The first-order valence-electron chi connectivity index (χ1n) is 9.76. The lowest BCUT2D eigenvalue weighted by molar-refractivity contribution is 0.101. The van der Waals surface area contributed by atoms with Gasteiger partial charge in [0.1, 0.15) is 5.75 Å². The van der Waals surface area contributed by atoms with Crippen LogP contribution in [0.3, 0.4) is 0 Å². The molecule has 4 rings (SSSR count). The molecule has 1 aliphatic heterocycles. The van der Waals surface area contributed by atoms with Gasteiger partial charge in [0.2, 0.25) is 0 Å². The zero-order valence-electron chi connectivity index (χ0n) is 15.5. The molecule has 1 spiro atoms. The predicted molar refractivity (Wildman–Crippen MR) is 105 cm³/mol. The monoisotopic (exact) mass is 352 g/mol. The molecule has 4 heteroatoms. The Hall–Kier alpha value is -2.07. The molecule has 1 aliphatic carbocycles. The number of pyridine rings is 1. The van der Waals surface area contributed by atoms with Crippen molar-refractivity contribution in [2.24, 2.45) is 11.3 Å². The van der Waals surface area contributed by atoms with Crippen molar-refractivity contribution in [1.29, 1.82) is 0 Å². The van der Waals surface area contributed by atoms with Crippen LogP contribution in [-0.4, -0.2) is 24.8 Å². The van der Waals surface area contributed by atoms with Gasteiger partial charge in [-0.15, -0.1) is 0 Å². The summed E-state index contributed by atoms with van der Waals surface area (Å²) in [7, 11) is 1.66. The highest BCUT2D eigenvalue weighted by Gasteiger charge is 2.42. The largest absolute Gasteiger partial charge is 0.496 e. The average Bonchev–Trinajstić information content (AvgIpc) is 3.14. The third kappa shape index (κ3) is 3.18. The van der Waals surface area contributed by atoms with Crippen LogP contribution >= 0.6 is 0 Å². The number of aromatic nitrogens is 1. The average molecular weight is 352 g/mol. The highest BCUT2D eigenvalue weighted by Crippen LogP contribution is 2.47. The minimum Gasteiger partial charge on any atom is -0.496 e. The summed E-state index contributed by atoms with van der Waals surface area (Å²) >= 11 is 0. The molecule has 0 radical (unpaired) electrons. The second kappa shape index (κ2) is 7.28. The lowest BCUT2D eigenvalue weighted by Crippen LogP contribution is -2.47. The number of nitrogens with one attached hydrogen (secondary N) is 1. The Labute approximate surface area is 155 Å². The number of ether oxygens (including phenoxy) is 1. The van der Waals surface area contributed by atoms with Gasteiger partial charge in [-0.05, 0) is 54.8 Å². The van der Waals surface area contributed by atoms with Crippen LogP contribution in [-0.2, 0) is 6.54 Å². The number of nitrogens with zero attached hydrogens (tertiary/aromatic N) is 1. The fourth-order valence-electron chi connectivity index (χ4n) is 4.96. The SMILES string of the molecule is COc1ccccc1-c1ccn(C[C@@H]2CCNCC23CCCC3)c(=O)c1. The molecular weight excluding hydrogens is 324 g/mol. The molecule has 1 aromatic carbocycles. The van der Waals surface area contributed by atoms with Crippen LogP contribution in [0.4, 0.5) is 0 Å². The molecule has 1 saturated heterocycles. The molecule has 138 valence electrons. The van der Waals surface area contributed by atoms with E-state index in [1.165, 1.54) is 32.1 Å². The minimum atomic E-state index is 0.0834. The zero-order chi connectivity index (χ0) is 18.0. The Balaban J connectivity index is 1.59. The Morgan fingerprint density at radius 3 is 2.81 bits per heavy atom. The van der Waals surface area contributed by atoms with Crippen LogP contribution in [0.2, 0.25) is 0 Å². The van der Waals surface area contributed by atoms with E-state index in [4.69, 9.17) is 4.74 Å². The van der Waals surface area contributed by atoms with Gasteiger partial charge in [-0.3, -0.25) is 4.79 Å². The first kappa shape index (κ1) is 17.3. The normalized spacial score (nSPS) is 21.8. The van der Waals surface area contributed by atoms with Gasteiger partial charge < -0.3 is 14.6 Å². The maximum atomic E-state index is 12.8. The van der Waals surface area contributed by atoms with E-state index in [2.05, 4.69) is 5.32 Å². The van der Waals surface area contributed by atoms with E-state index in [1.54, 1.807) is 13.2 Å². The van der Waals surface area contributed by atoms with Gasteiger partial charge >= 0.3 is 0 Å². The van der Waals surface area contributed by atoms with Crippen LogP contribution in [0.5, 0.6) is 5.75 Å². The molecular formula is C22H28N2O2. The van der Waals surface area contributed by atoms with Crippen molar-refractivity contribution in [2.75, 3.05) is 20.2 Å². The van der Waals surface area contributed by atoms with E-state index in [0.29, 0.717) is 11.3 Å². The fourth-order valence-corrected chi connectivity index (χ4v) is 4.96. The maximum Gasteiger partial charge on any atom is 0.251 e. The first-order chi connectivity index (χ1) is 12.7. The number of hydrogen-bond acceptors (Lipinski definition) is 3. The first-order valence-corrected chi connectivity index (χ1v) is 9.76. The molecule has 26 heavy (non-hydrogen) atoms. The Bertz CT molecular complexity index is 821. The molecule has 1 N–H and O–H groups in total. The number of benzene rings is 1. The standard InChI is InChI=1S/C22H28N2O2/c1-26-20-7-3-2-6-19(20)17-9-13-24(21(25)14-17)15-18-8-12-23-16-22(18)10-4-5-11-22/h2-3,6-7,9,13-14,18,23H,4-5,8,10-12,15-16H2,1H3/t18-/m0/s1. The van der Waals surface area contributed by atoms with Crippen LogP contribution in [0.1, 0.15) is 32.1 Å². The molecule has 1 aromatic heterocycles. The molecule has 0 bridgehead atoms. The molecule has 2 fully saturated rings. The zero-order valence-corrected chi connectivity index (χ0v) is 15.5. The van der Waals surface area contributed by atoms with Gasteiger partial charge in [0.05, 0.1) is 7.11 Å². The Kier molecular flexibility index (Phi) is 4.86. The molecule has 0 unspecified atom stereocenters. The van der Waals surface area contributed by atoms with E-state index in [-0.39, 0.29) is 5.56 Å². The Morgan fingerprint density at radius 2 is 2.04 bits per heavy atom. The third-order valence-corrected chi connectivity index (χ3v) is 6.44. The smallest absolute Gasteiger partial charge is 0.251 e. The number of methoxy groups -OCH3 is 1. The number of piperidine rings is 1. The lowest BCUT2D eigenvalue weighted by Gasteiger charge is -2.42. The summed E-state index contributed by atoms with van der Waals surface area (Å²) in [5.41, 5.74) is 2.37. The molecule has 1 saturated carbocycles. The van der Waals surface area contributed by atoms with Crippen LogP contribution < -0.4 is 15.6 Å². The van der Waals surface area contributed by atoms with E-state index < -0.39 is 0 Å². The van der Waals surface area contributed by atoms with Crippen molar-refractivity contribution in [3.05, 3.63) is 52.9 Å². The molecule has 2 heterocycles. The summed E-state index contributed by atoms with van der Waals surface area (Å²) in [4.78, 5) is 12.8. The van der Waals surface area contributed by atoms with E-state index in [9.17, 15) is 4.79 Å². The molecule has 2 aromatic rings. The van der Waals surface area contributed by atoms with Gasteiger partial charge in [0.15, 0.2) is 0 Å². The quantitative estimate of drug-likeness (QED) is 0.912. The second-order valence-electron chi connectivity index (χ2n) is 7.84. The third-order valence-electron chi connectivity index (χ3n) is 6.44. The van der Waals surface area contributed by atoms with Crippen molar-refractivity contribution in [3.63, 3.8) is 0 Å². The number of hydrogen-bond donors (Lipinski definition) is 1. The summed E-state index contributed by atoms with van der Waals surface area (Å²) in [5.74, 6) is 1.40. The summed E-state index contributed by atoms with van der Waals surface area (Å²) in [6, 6.07) is 11.6. The van der Waals surface area contributed by atoms with Crippen LogP contribution in [0.25, 0.3) is 11.1 Å². The van der Waals surface area contributed by atoms with Crippen LogP contribution in [0.15, 0.2) is 47.4 Å². The summed E-state index contributed by atoms with van der Waals surface area (Å²) < 4.78 is 7.35. The van der Waals surface area contributed by atoms with Crippen molar-refractivity contribution in [2.45, 2.75) is 38.6 Å². The van der Waals surface area contributed by atoms with Gasteiger partial charge in [-0.1, -0.05) is 31.0 Å². The lowest BCUT2D eigenvalue weighted by atomic mass is 9.70. The van der Waals surface area contributed by atoms with Crippen molar-refractivity contribution < 1.29 is 4.74 Å². The fraction of sp³-hybridized carbons (Fsp3) is 0.500. The van der Waals surface area contributed by atoms with Crippen molar-refractivity contribution >= 4 is 0 Å². The molecule has 0 amide bonds. The van der Waals surface area contributed by atoms with Crippen LogP contribution in [0, 0.1) is 11.3 Å². The minimum absolute atomic E-state index is 0.0834. The van der Waals surface area contributed by atoms with Gasteiger partial charge in [0.25, 0.3) is 5.56 Å². The summed E-state index contributed by atoms with van der Waals surface area (Å²) in [6.45, 7) is 3.03. The number of para-hydroxylation sites is 1. The molecule has 2 aliphatic rings. The van der Waals surface area contributed by atoms with E-state index >= 15 is 0 Å².